The number of nitrogens with one attached hydrogen (secondary N) is 1. The minimum atomic E-state index is -2.97. The molecule has 0 aliphatic carbocycles. The van der Waals surface area contributed by atoms with Gasteiger partial charge in [0.25, 0.3) is 5.92 Å². The Morgan fingerprint density at radius 3 is 2.79 bits per heavy atom. The lowest BCUT2D eigenvalue weighted by Gasteiger charge is -2.41. The Bertz CT molecular complexity index is 938. The van der Waals surface area contributed by atoms with Crippen LogP contribution in [0, 0.1) is 0 Å². The molecule has 2 atom stereocenters. The fourth-order valence-corrected chi connectivity index (χ4v) is 5.43. The number of anilines is 1. The monoisotopic (exact) mass is 477 g/mol. The average molecular weight is 478 g/mol. The lowest BCUT2D eigenvalue weighted by Crippen LogP contribution is -2.60. The Morgan fingerprint density at radius 2 is 2.12 bits per heavy atom. The summed E-state index contributed by atoms with van der Waals surface area (Å²) in [5, 5.41) is 3.46. The lowest BCUT2D eigenvalue weighted by atomic mass is 9.91. The van der Waals surface area contributed by atoms with E-state index in [1.807, 2.05) is 18.7 Å². The van der Waals surface area contributed by atoms with Crippen LogP contribution in [0.5, 0.6) is 0 Å². The number of hydrogen-bond acceptors (Lipinski definition) is 5. The predicted octanol–water partition coefficient (Wildman–Crippen LogP) is 2.88. The van der Waals surface area contributed by atoms with Gasteiger partial charge in [-0.25, -0.2) is 8.78 Å². The fourth-order valence-electron chi connectivity index (χ4n) is 5.43. The normalized spacial score (nSPS) is 25.2. The van der Waals surface area contributed by atoms with E-state index in [2.05, 4.69) is 22.1 Å². The van der Waals surface area contributed by atoms with E-state index in [0.29, 0.717) is 50.4 Å². The van der Waals surface area contributed by atoms with E-state index >= 15 is 0 Å². The van der Waals surface area contributed by atoms with E-state index in [4.69, 9.17) is 0 Å². The Morgan fingerprint density at radius 1 is 1.35 bits per heavy atom. The minimum Gasteiger partial charge on any atom is -0.341 e. The van der Waals surface area contributed by atoms with Gasteiger partial charge in [0.2, 0.25) is 11.8 Å². The summed E-state index contributed by atoms with van der Waals surface area (Å²) in [6, 6.07) is 1.73. The molecule has 7 nitrogen and oxygen atoms in total. The molecule has 1 aromatic heterocycles. The van der Waals surface area contributed by atoms with Crippen LogP contribution in [0.25, 0.3) is 0 Å². The molecule has 9 heteroatoms. The first-order valence-electron chi connectivity index (χ1n) is 12.5. The number of hydrogen-bond donors (Lipinski definition) is 1. The Balaban J connectivity index is 1.55. The maximum absolute atomic E-state index is 14.6. The van der Waals surface area contributed by atoms with Crippen molar-refractivity contribution in [2.75, 3.05) is 44.2 Å². The lowest BCUT2D eigenvalue weighted by molar-refractivity contribution is -0.128. The summed E-state index contributed by atoms with van der Waals surface area (Å²) in [4.78, 5) is 35.8. The van der Waals surface area contributed by atoms with E-state index in [1.54, 1.807) is 11.8 Å². The van der Waals surface area contributed by atoms with Crippen LogP contribution in [0.1, 0.15) is 64.6 Å². The third-order valence-corrected chi connectivity index (χ3v) is 7.31. The molecule has 1 N–H and O–H groups in total. The number of rotatable bonds is 7. The summed E-state index contributed by atoms with van der Waals surface area (Å²) in [5.41, 5.74) is 0.633. The van der Waals surface area contributed by atoms with E-state index in [0.717, 1.165) is 13.0 Å². The fraction of sp³-hybridized carbons (Fsp3) is 0.720. The van der Waals surface area contributed by atoms with Gasteiger partial charge in [0, 0.05) is 74.8 Å². The molecule has 34 heavy (non-hydrogen) atoms. The van der Waals surface area contributed by atoms with Gasteiger partial charge in [0.15, 0.2) is 0 Å². The van der Waals surface area contributed by atoms with Crippen LogP contribution in [0.4, 0.5) is 14.5 Å². The molecule has 0 aromatic carbocycles. The maximum atomic E-state index is 14.6. The highest BCUT2D eigenvalue weighted by atomic mass is 19.3. The summed E-state index contributed by atoms with van der Waals surface area (Å²) in [6.45, 7) is 11.1. The third kappa shape index (κ3) is 4.96. The number of amides is 2. The molecule has 0 radical (unpaired) electrons. The van der Waals surface area contributed by atoms with Crippen molar-refractivity contribution >= 4 is 17.5 Å². The zero-order chi connectivity index (χ0) is 24.7. The number of halogens is 2. The van der Waals surface area contributed by atoms with Gasteiger partial charge in [-0.1, -0.05) is 27.2 Å². The van der Waals surface area contributed by atoms with Gasteiger partial charge >= 0.3 is 0 Å². The topological polar surface area (TPSA) is 68.8 Å². The molecule has 1 aromatic rings. The standard InChI is InChI=1S/C25H37F2N5O2/c1-5-8-25(26,27)18-10-20-23(29-11-18)24(3,4)16-32(20)22(34)15-31-13-17(2)28-12-19(31)14-30-9-6-7-21(30)33/h10-11,17,19,28H,5-9,12-16H2,1-4H3/t17-,19-/m1/s1. The Kier molecular flexibility index (Phi) is 6.97. The van der Waals surface area contributed by atoms with Gasteiger partial charge in [-0.2, -0.15) is 0 Å². The van der Waals surface area contributed by atoms with Crippen molar-refractivity contribution in [2.24, 2.45) is 0 Å². The molecule has 3 aliphatic heterocycles. The highest BCUT2D eigenvalue weighted by Gasteiger charge is 2.42. The van der Waals surface area contributed by atoms with Gasteiger partial charge in [-0.3, -0.25) is 19.5 Å². The highest BCUT2D eigenvalue weighted by molar-refractivity contribution is 5.97. The first kappa shape index (κ1) is 25.0. The largest absolute Gasteiger partial charge is 0.341 e. The van der Waals surface area contributed by atoms with Crippen LogP contribution >= 0.6 is 0 Å². The number of fused-ring (bicyclic) bond motifs is 1. The molecule has 2 amide bonds. The number of likely N-dealkylation sites (tertiary alicyclic amines) is 1. The van der Waals surface area contributed by atoms with Crippen molar-refractivity contribution in [1.29, 1.82) is 0 Å². The summed E-state index contributed by atoms with van der Waals surface area (Å²) in [6.07, 6.45) is 2.85. The van der Waals surface area contributed by atoms with Gasteiger partial charge in [0.05, 0.1) is 17.9 Å². The molecule has 4 heterocycles. The molecule has 2 saturated heterocycles. The van der Waals surface area contributed by atoms with Crippen LogP contribution in [0.3, 0.4) is 0 Å². The predicted molar refractivity (Wildman–Crippen MR) is 127 cm³/mol. The number of alkyl halides is 2. The van der Waals surface area contributed by atoms with E-state index in [1.165, 1.54) is 12.3 Å². The van der Waals surface area contributed by atoms with Crippen LogP contribution in [-0.4, -0.2) is 78.0 Å². The molecule has 0 saturated carbocycles. The molecule has 0 spiro atoms. The number of nitrogens with zero attached hydrogens (tertiary/aromatic N) is 4. The number of carbonyl (C=O) groups excluding carboxylic acids is 2. The average Bonchev–Trinajstić information content (AvgIpc) is 3.29. The molecular formula is C25H37F2N5O2. The van der Waals surface area contributed by atoms with Crippen LogP contribution < -0.4 is 10.2 Å². The summed E-state index contributed by atoms with van der Waals surface area (Å²) >= 11 is 0. The second-order valence-corrected chi connectivity index (χ2v) is 10.7. The summed E-state index contributed by atoms with van der Waals surface area (Å²) in [7, 11) is 0. The quantitative estimate of drug-likeness (QED) is 0.654. The molecule has 0 bridgehead atoms. The smallest absolute Gasteiger partial charge is 0.274 e. The van der Waals surface area contributed by atoms with E-state index < -0.39 is 11.3 Å². The van der Waals surface area contributed by atoms with Crippen LogP contribution in [-0.2, 0) is 20.9 Å². The van der Waals surface area contributed by atoms with Crippen molar-refractivity contribution in [3.63, 3.8) is 0 Å². The van der Waals surface area contributed by atoms with Gasteiger partial charge in [-0.15, -0.1) is 0 Å². The van der Waals surface area contributed by atoms with Crippen molar-refractivity contribution in [3.05, 3.63) is 23.5 Å². The zero-order valence-electron chi connectivity index (χ0n) is 20.7. The first-order chi connectivity index (χ1) is 16.0. The second-order valence-electron chi connectivity index (χ2n) is 10.7. The Labute approximate surface area is 200 Å². The number of pyridine rings is 1. The molecular weight excluding hydrogens is 440 g/mol. The third-order valence-electron chi connectivity index (χ3n) is 7.31. The highest BCUT2D eigenvalue weighted by Crippen LogP contribution is 2.42. The van der Waals surface area contributed by atoms with Gasteiger partial charge in [-0.05, 0) is 19.4 Å². The van der Waals surface area contributed by atoms with E-state index in [-0.39, 0.29) is 42.4 Å². The summed E-state index contributed by atoms with van der Waals surface area (Å²) < 4.78 is 29.3. The molecule has 4 rings (SSSR count). The van der Waals surface area contributed by atoms with E-state index in [9.17, 15) is 18.4 Å². The maximum Gasteiger partial charge on any atom is 0.274 e. The zero-order valence-corrected chi connectivity index (χ0v) is 20.7. The van der Waals surface area contributed by atoms with Crippen molar-refractivity contribution in [3.8, 4) is 0 Å². The second kappa shape index (κ2) is 9.49. The van der Waals surface area contributed by atoms with Gasteiger partial charge < -0.3 is 15.1 Å². The molecule has 3 aliphatic rings. The van der Waals surface area contributed by atoms with Crippen LogP contribution in [0.15, 0.2) is 12.3 Å². The van der Waals surface area contributed by atoms with Crippen molar-refractivity contribution < 1.29 is 18.4 Å². The van der Waals surface area contributed by atoms with Gasteiger partial charge in [0.1, 0.15) is 0 Å². The van der Waals surface area contributed by atoms with Crippen LogP contribution in [0.2, 0.25) is 0 Å². The molecule has 2 fully saturated rings. The summed E-state index contributed by atoms with van der Waals surface area (Å²) in [5.74, 6) is -2.91. The SMILES string of the molecule is CCCC(F)(F)c1cnc2c(c1)N(C(=O)CN1C[C@@H](C)NC[C@@H]1CN1CCCC1=O)CC2(C)C. The molecule has 0 unspecified atom stereocenters. The van der Waals surface area contributed by atoms with Crippen molar-refractivity contribution in [1.82, 2.24) is 20.1 Å². The Hall–Kier alpha value is -2.13. The van der Waals surface area contributed by atoms with Crippen molar-refractivity contribution in [2.45, 2.75) is 76.8 Å². The first-order valence-corrected chi connectivity index (χ1v) is 12.5. The molecule has 188 valence electrons. The number of piperazine rings is 1. The number of aromatic nitrogens is 1. The number of carbonyl (C=O) groups is 2. The minimum absolute atomic E-state index is 0.0376.